The maximum atomic E-state index is 11.4. The number of hydrogen-bond donors (Lipinski definition) is 1. The lowest BCUT2D eigenvalue weighted by atomic mass is 10.1. The molecule has 0 unspecified atom stereocenters. The number of ether oxygens (including phenoxy) is 2. The lowest BCUT2D eigenvalue weighted by Crippen LogP contribution is -2.13. The summed E-state index contributed by atoms with van der Waals surface area (Å²) in [4.78, 5) is 22.0. The molecule has 1 N–H and O–H groups in total. The molecule has 0 radical (unpaired) electrons. The second-order valence-electron chi connectivity index (χ2n) is 4.57. The van der Waals surface area contributed by atoms with Crippen LogP contribution >= 0.6 is 0 Å². The standard InChI is InChI=1S/C16H16N2O5/c1-22-16(19)12-7-8-14(15(11-12)18(20)21)17-9-10-23-13-5-3-2-4-6-13/h2-8,11,17H,9-10H2,1H3. The van der Waals surface area contributed by atoms with Crippen molar-refractivity contribution in [2.24, 2.45) is 0 Å². The minimum Gasteiger partial charge on any atom is -0.492 e. The molecule has 23 heavy (non-hydrogen) atoms. The summed E-state index contributed by atoms with van der Waals surface area (Å²) in [7, 11) is 1.22. The molecular weight excluding hydrogens is 300 g/mol. The van der Waals surface area contributed by atoms with Crippen LogP contribution < -0.4 is 10.1 Å². The number of rotatable bonds is 7. The number of carbonyl (C=O) groups excluding carboxylic acids is 1. The van der Waals surface area contributed by atoms with Crippen LogP contribution in [0.5, 0.6) is 5.75 Å². The average Bonchev–Trinajstić information content (AvgIpc) is 2.58. The molecule has 7 heteroatoms. The molecule has 0 spiro atoms. The van der Waals surface area contributed by atoms with Gasteiger partial charge in [0.15, 0.2) is 0 Å². The van der Waals surface area contributed by atoms with Gasteiger partial charge >= 0.3 is 5.97 Å². The van der Waals surface area contributed by atoms with E-state index in [9.17, 15) is 14.9 Å². The molecule has 7 nitrogen and oxygen atoms in total. The first-order chi connectivity index (χ1) is 11.1. The predicted molar refractivity (Wildman–Crippen MR) is 84.9 cm³/mol. The highest BCUT2D eigenvalue weighted by atomic mass is 16.6. The lowest BCUT2D eigenvalue weighted by Gasteiger charge is -2.09. The van der Waals surface area contributed by atoms with Crippen molar-refractivity contribution in [1.82, 2.24) is 0 Å². The normalized spacial score (nSPS) is 9.96. The number of benzene rings is 2. The van der Waals surface area contributed by atoms with Gasteiger partial charge in [-0.1, -0.05) is 18.2 Å². The van der Waals surface area contributed by atoms with E-state index in [-0.39, 0.29) is 11.3 Å². The van der Waals surface area contributed by atoms with Gasteiger partial charge in [-0.3, -0.25) is 10.1 Å². The Balaban J connectivity index is 1.99. The average molecular weight is 316 g/mol. The highest BCUT2D eigenvalue weighted by molar-refractivity contribution is 5.91. The molecule has 0 heterocycles. The van der Waals surface area contributed by atoms with Gasteiger partial charge in [-0.05, 0) is 24.3 Å². The number of anilines is 1. The molecule has 0 aliphatic rings. The third-order valence-electron chi connectivity index (χ3n) is 3.04. The van der Waals surface area contributed by atoms with Crippen molar-refractivity contribution in [3.8, 4) is 5.75 Å². The Morgan fingerprint density at radius 3 is 2.61 bits per heavy atom. The Hall–Kier alpha value is -3.09. The molecule has 120 valence electrons. The van der Waals surface area contributed by atoms with E-state index in [1.165, 1.54) is 25.3 Å². The zero-order chi connectivity index (χ0) is 16.7. The number of nitrogens with zero attached hydrogens (tertiary/aromatic N) is 1. The van der Waals surface area contributed by atoms with Crippen LogP contribution in [0.15, 0.2) is 48.5 Å². The number of carbonyl (C=O) groups is 1. The summed E-state index contributed by atoms with van der Waals surface area (Å²) < 4.78 is 10.1. The van der Waals surface area contributed by atoms with Crippen molar-refractivity contribution >= 4 is 17.3 Å². The molecule has 2 rings (SSSR count). The van der Waals surface area contributed by atoms with Gasteiger partial charge in [0.25, 0.3) is 5.69 Å². The van der Waals surface area contributed by atoms with Gasteiger partial charge in [-0.2, -0.15) is 0 Å². The Bertz CT molecular complexity index is 688. The fourth-order valence-electron chi connectivity index (χ4n) is 1.95. The molecule has 0 bridgehead atoms. The molecule has 0 aliphatic heterocycles. The maximum Gasteiger partial charge on any atom is 0.338 e. The minimum atomic E-state index is -0.618. The van der Waals surface area contributed by atoms with Gasteiger partial charge in [0.2, 0.25) is 0 Å². The number of para-hydroxylation sites is 1. The summed E-state index contributed by atoms with van der Waals surface area (Å²) >= 11 is 0. The second kappa shape index (κ2) is 7.79. The van der Waals surface area contributed by atoms with E-state index >= 15 is 0 Å². The number of hydrogen-bond acceptors (Lipinski definition) is 6. The smallest absolute Gasteiger partial charge is 0.338 e. The number of esters is 1. The van der Waals surface area contributed by atoms with Crippen molar-refractivity contribution in [3.05, 3.63) is 64.2 Å². The molecule has 0 atom stereocenters. The van der Waals surface area contributed by atoms with Gasteiger partial charge in [0.05, 0.1) is 17.6 Å². The number of nitrogens with one attached hydrogen (secondary N) is 1. The number of methoxy groups -OCH3 is 1. The van der Waals surface area contributed by atoms with Crippen LogP contribution in [0.25, 0.3) is 0 Å². The monoisotopic (exact) mass is 316 g/mol. The van der Waals surface area contributed by atoms with Crippen LogP contribution in [-0.2, 0) is 4.74 Å². The first kappa shape index (κ1) is 16.3. The van der Waals surface area contributed by atoms with Crippen LogP contribution in [0, 0.1) is 10.1 Å². The minimum absolute atomic E-state index is 0.130. The first-order valence-corrected chi connectivity index (χ1v) is 6.90. The van der Waals surface area contributed by atoms with Crippen LogP contribution in [-0.4, -0.2) is 31.2 Å². The molecule has 0 amide bonds. The fraction of sp³-hybridized carbons (Fsp3) is 0.188. The predicted octanol–water partition coefficient (Wildman–Crippen LogP) is 2.87. The van der Waals surface area contributed by atoms with Gasteiger partial charge in [-0.15, -0.1) is 0 Å². The molecule has 0 aliphatic carbocycles. The zero-order valence-corrected chi connectivity index (χ0v) is 12.5. The first-order valence-electron chi connectivity index (χ1n) is 6.90. The van der Waals surface area contributed by atoms with Gasteiger partial charge in [0.1, 0.15) is 18.0 Å². The van der Waals surface area contributed by atoms with E-state index in [1.807, 2.05) is 30.3 Å². The molecule has 2 aromatic carbocycles. The lowest BCUT2D eigenvalue weighted by molar-refractivity contribution is -0.384. The van der Waals surface area contributed by atoms with E-state index in [0.717, 1.165) is 5.75 Å². The second-order valence-corrected chi connectivity index (χ2v) is 4.57. The maximum absolute atomic E-state index is 11.4. The Kier molecular flexibility index (Phi) is 5.51. The quantitative estimate of drug-likeness (QED) is 0.365. The van der Waals surface area contributed by atoms with E-state index in [1.54, 1.807) is 0 Å². The van der Waals surface area contributed by atoms with E-state index in [4.69, 9.17) is 4.74 Å². The van der Waals surface area contributed by atoms with Crippen molar-refractivity contribution in [3.63, 3.8) is 0 Å². The fourth-order valence-corrected chi connectivity index (χ4v) is 1.95. The summed E-state index contributed by atoms with van der Waals surface area (Å²) in [5, 5.41) is 14.1. The van der Waals surface area contributed by atoms with E-state index in [0.29, 0.717) is 18.8 Å². The Labute approximate surface area is 133 Å². The topological polar surface area (TPSA) is 90.7 Å². The number of nitro groups is 1. The van der Waals surface area contributed by atoms with Crippen molar-refractivity contribution in [1.29, 1.82) is 0 Å². The highest BCUT2D eigenvalue weighted by Gasteiger charge is 2.17. The SMILES string of the molecule is COC(=O)c1ccc(NCCOc2ccccc2)c([N+](=O)[O-])c1. The Morgan fingerprint density at radius 1 is 1.22 bits per heavy atom. The molecule has 0 aromatic heterocycles. The van der Waals surface area contributed by atoms with Gasteiger partial charge in [-0.25, -0.2) is 4.79 Å². The highest BCUT2D eigenvalue weighted by Crippen LogP contribution is 2.25. The summed E-state index contributed by atoms with van der Waals surface area (Å²) in [6.07, 6.45) is 0. The van der Waals surface area contributed by atoms with Gasteiger partial charge in [0, 0.05) is 12.6 Å². The van der Waals surface area contributed by atoms with Crippen LogP contribution in [0.2, 0.25) is 0 Å². The molecule has 0 saturated heterocycles. The van der Waals surface area contributed by atoms with Gasteiger partial charge < -0.3 is 14.8 Å². The Morgan fingerprint density at radius 2 is 1.96 bits per heavy atom. The summed E-state index contributed by atoms with van der Waals surface area (Å²) in [6.45, 7) is 0.729. The third-order valence-corrected chi connectivity index (χ3v) is 3.04. The molecule has 0 saturated carbocycles. The van der Waals surface area contributed by atoms with Crippen LogP contribution in [0.4, 0.5) is 11.4 Å². The summed E-state index contributed by atoms with van der Waals surface area (Å²) in [6, 6.07) is 13.4. The molecule has 2 aromatic rings. The van der Waals surface area contributed by atoms with Crippen molar-refractivity contribution in [2.75, 3.05) is 25.6 Å². The van der Waals surface area contributed by atoms with E-state index in [2.05, 4.69) is 10.1 Å². The van der Waals surface area contributed by atoms with Crippen molar-refractivity contribution in [2.45, 2.75) is 0 Å². The van der Waals surface area contributed by atoms with E-state index < -0.39 is 10.9 Å². The molecular formula is C16H16N2O5. The number of nitro benzene ring substituents is 1. The summed E-state index contributed by atoms with van der Waals surface area (Å²) in [5.41, 5.74) is 0.261. The van der Waals surface area contributed by atoms with Crippen LogP contribution in [0.3, 0.4) is 0 Å². The van der Waals surface area contributed by atoms with Crippen LogP contribution in [0.1, 0.15) is 10.4 Å². The third kappa shape index (κ3) is 4.44. The van der Waals surface area contributed by atoms with Crippen molar-refractivity contribution < 1.29 is 19.2 Å². The zero-order valence-electron chi connectivity index (χ0n) is 12.5. The molecule has 0 fully saturated rings. The summed E-state index contributed by atoms with van der Waals surface area (Å²) in [5.74, 6) is 0.108. The largest absolute Gasteiger partial charge is 0.492 e.